The van der Waals surface area contributed by atoms with Crippen molar-refractivity contribution in [2.45, 2.75) is 70.1 Å². The molecule has 0 bridgehead atoms. The molecule has 5 nitrogen and oxygen atoms in total. The quantitative estimate of drug-likeness (QED) is 0.311. The van der Waals surface area contributed by atoms with Crippen LogP contribution >= 0.6 is 0 Å². The van der Waals surface area contributed by atoms with Crippen LogP contribution in [0.25, 0.3) is 21.8 Å². The predicted octanol–water partition coefficient (Wildman–Crippen LogP) is 5.70. The van der Waals surface area contributed by atoms with Crippen molar-refractivity contribution in [3.63, 3.8) is 0 Å². The minimum absolute atomic E-state index is 0.336. The van der Waals surface area contributed by atoms with Gasteiger partial charge in [-0.2, -0.15) is 0 Å². The maximum Gasteiger partial charge on any atom is 0.124 e. The zero-order valence-corrected chi connectivity index (χ0v) is 21.9. The Morgan fingerprint density at radius 3 is 2.32 bits per heavy atom. The highest BCUT2D eigenvalue weighted by Crippen LogP contribution is 2.57. The number of nitrogens with one attached hydrogen (secondary N) is 3. The third-order valence-electron chi connectivity index (χ3n) is 10.1. The van der Waals surface area contributed by atoms with E-state index in [0.29, 0.717) is 35.0 Å². The van der Waals surface area contributed by atoms with Crippen molar-refractivity contribution in [1.29, 1.82) is 0 Å². The van der Waals surface area contributed by atoms with E-state index in [4.69, 9.17) is 9.98 Å². The lowest BCUT2D eigenvalue weighted by atomic mass is 9.97. The van der Waals surface area contributed by atoms with Crippen molar-refractivity contribution < 1.29 is 0 Å². The zero-order chi connectivity index (χ0) is 25.2. The van der Waals surface area contributed by atoms with Crippen molar-refractivity contribution in [3.8, 4) is 11.8 Å². The van der Waals surface area contributed by atoms with E-state index in [0.717, 1.165) is 40.1 Å². The standard InChI is InChI=1S/C33H31N5/c1-32-14-26(35-28(32)16-32)25-13-21-7-5-19(12-24(21)34-25)4-3-18-6-9-22-20(11-18)8-10-23-30(22)38-31(37-23)27-15-33(2)17-29(33)36-27/h5-12,26-29,35-36H,13-17H2,1-2H3,(H,37,38)/t26-,27-,28?,29?,32-,33-/m0/s1. The van der Waals surface area contributed by atoms with E-state index in [-0.39, 0.29) is 0 Å². The van der Waals surface area contributed by atoms with Crippen LogP contribution in [0, 0.1) is 22.7 Å². The lowest BCUT2D eigenvalue weighted by Crippen LogP contribution is -2.33. The number of hydrogen-bond donors (Lipinski definition) is 3. The summed E-state index contributed by atoms with van der Waals surface area (Å²) < 4.78 is 0. The summed E-state index contributed by atoms with van der Waals surface area (Å²) in [6, 6.07) is 19.5. The Labute approximate surface area is 222 Å². The Hall–Kier alpha value is -3.46. The minimum Gasteiger partial charge on any atom is -0.341 e. The van der Waals surface area contributed by atoms with Gasteiger partial charge in [-0.1, -0.05) is 43.9 Å². The Morgan fingerprint density at radius 1 is 0.816 bits per heavy atom. The first-order chi connectivity index (χ1) is 18.4. The summed E-state index contributed by atoms with van der Waals surface area (Å²) in [5.41, 5.74) is 8.90. The number of imidazole rings is 1. The third-order valence-corrected chi connectivity index (χ3v) is 10.1. The Bertz CT molecular complexity index is 1790. The van der Waals surface area contributed by atoms with Crippen LogP contribution in [-0.2, 0) is 6.42 Å². The number of H-pyrrole nitrogens is 1. The van der Waals surface area contributed by atoms with Gasteiger partial charge in [0.15, 0.2) is 0 Å². The number of aromatic amines is 1. The summed E-state index contributed by atoms with van der Waals surface area (Å²) in [4.78, 5) is 13.6. The normalized spacial score (nSPS) is 34.0. The van der Waals surface area contributed by atoms with Gasteiger partial charge >= 0.3 is 0 Å². The van der Waals surface area contributed by atoms with Gasteiger partial charge in [-0.3, -0.25) is 4.99 Å². The molecular formula is C33H31N5. The molecule has 0 spiro atoms. The van der Waals surface area contributed by atoms with Gasteiger partial charge in [0.25, 0.3) is 0 Å². The van der Waals surface area contributed by atoms with E-state index in [1.54, 1.807) is 0 Å². The van der Waals surface area contributed by atoms with Crippen LogP contribution in [0.1, 0.15) is 68.1 Å². The van der Waals surface area contributed by atoms with Gasteiger partial charge in [-0.15, -0.1) is 0 Å². The molecule has 3 aromatic carbocycles. The second-order valence-electron chi connectivity index (χ2n) is 13.1. The molecule has 3 N–H and O–H groups in total. The minimum atomic E-state index is 0.336. The van der Waals surface area contributed by atoms with Gasteiger partial charge in [0.1, 0.15) is 5.82 Å². The summed E-state index contributed by atoms with van der Waals surface area (Å²) in [6.45, 7) is 4.78. The van der Waals surface area contributed by atoms with Crippen LogP contribution in [-0.4, -0.2) is 33.8 Å². The van der Waals surface area contributed by atoms with Crippen LogP contribution in [0.3, 0.4) is 0 Å². The van der Waals surface area contributed by atoms with Crippen molar-refractivity contribution in [3.05, 3.63) is 71.0 Å². The summed E-state index contributed by atoms with van der Waals surface area (Å²) in [5, 5.41) is 9.89. The molecular weight excluding hydrogens is 466 g/mol. The molecule has 188 valence electrons. The number of piperidine rings is 2. The molecule has 9 rings (SSSR count). The first-order valence-electron chi connectivity index (χ1n) is 14.1. The monoisotopic (exact) mass is 497 g/mol. The maximum atomic E-state index is 5.04. The second kappa shape index (κ2) is 7.14. The largest absolute Gasteiger partial charge is 0.341 e. The SMILES string of the molecule is C[C@]12CC1N[C@H](C1=Nc3cc(C#Cc4ccc5c(ccc6[nH]c([C@@H]7C[C@@]8(C)CC8N7)nc65)c4)ccc3C1)C2. The molecule has 5 heteroatoms. The third kappa shape index (κ3) is 3.20. The van der Waals surface area contributed by atoms with E-state index in [9.17, 15) is 0 Å². The van der Waals surface area contributed by atoms with Crippen LogP contribution < -0.4 is 10.6 Å². The number of benzene rings is 3. The van der Waals surface area contributed by atoms with Crippen LogP contribution in [0.5, 0.6) is 0 Å². The van der Waals surface area contributed by atoms with Crippen LogP contribution in [0.4, 0.5) is 5.69 Å². The molecule has 3 aliphatic heterocycles. The van der Waals surface area contributed by atoms with Crippen molar-refractivity contribution >= 4 is 33.2 Å². The topological polar surface area (TPSA) is 65.1 Å². The number of aromatic nitrogens is 2. The van der Waals surface area contributed by atoms with Crippen LogP contribution in [0.15, 0.2) is 53.5 Å². The molecule has 4 heterocycles. The maximum absolute atomic E-state index is 5.04. The molecule has 5 aliphatic rings. The van der Waals surface area contributed by atoms with E-state index in [2.05, 4.69) is 89.8 Å². The van der Waals surface area contributed by atoms with Crippen molar-refractivity contribution in [1.82, 2.24) is 20.6 Å². The Kier molecular flexibility index (Phi) is 4.03. The number of aliphatic imine (C=N–C) groups is 1. The number of nitrogens with zero attached hydrogens (tertiary/aromatic N) is 2. The predicted molar refractivity (Wildman–Crippen MR) is 152 cm³/mol. The fraction of sp³-hybridized carbons (Fsp3) is 0.394. The molecule has 2 saturated heterocycles. The number of rotatable bonds is 2. The van der Waals surface area contributed by atoms with Gasteiger partial charge in [-0.25, -0.2) is 4.98 Å². The lowest BCUT2D eigenvalue weighted by Gasteiger charge is -2.13. The van der Waals surface area contributed by atoms with Gasteiger partial charge < -0.3 is 15.6 Å². The molecule has 0 radical (unpaired) electrons. The van der Waals surface area contributed by atoms with Gasteiger partial charge in [-0.05, 0) is 77.8 Å². The molecule has 2 unspecified atom stereocenters. The summed E-state index contributed by atoms with van der Waals surface area (Å²) in [6.07, 6.45) is 5.98. The molecule has 0 amide bonds. The average molecular weight is 498 g/mol. The van der Waals surface area contributed by atoms with Gasteiger partial charge in [0.2, 0.25) is 0 Å². The fourth-order valence-electron chi connectivity index (χ4n) is 7.41. The number of fused-ring (bicyclic) bond motifs is 6. The molecule has 38 heavy (non-hydrogen) atoms. The second-order valence-corrected chi connectivity index (χ2v) is 13.1. The van der Waals surface area contributed by atoms with Crippen molar-refractivity contribution in [2.75, 3.05) is 0 Å². The molecule has 4 aromatic rings. The van der Waals surface area contributed by atoms with Crippen molar-refractivity contribution in [2.24, 2.45) is 15.8 Å². The molecule has 2 aliphatic carbocycles. The average Bonchev–Trinajstić information content (AvgIpc) is 3.40. The number of hydrogen-bond acceptors (Lipinski definition) is 4. The molecule has 1 aromatic heterocycles. The molecule has 6 atom stereocenters. The highest BCUT2D eigenvalue weighted by molar-refractivity contribution is 6.04. The van der Waals surface area contributed by atoms with E-state index < -0.39 is 0 Å². The zero-order valence-electron chi connectivity index (χ0n) is 21.9. The highest BCUT2D eigenvalue weighted by atomic mass is 15.1. The summed E-state index contributed by atoms with van der Waals surface area (Å²) in [5.74, 6) is 7.85. The first-order valence-corrected chi connectivity index (χ1v) is 14.1. The molecule has 2 saturated carbocycles. The lowest BCUT2D eigenvalue weighted by molar-refractivity contribution is 0.489. The summed E-state index contributed by atoms with van der Waals surface area (Å²) in [7, 11) is 0. The van der Waals surface area contributed by atoms with Gasteiger partial charge in [0, 0.05) is 46.8 Å². The van der Waals surface area contributed by atoms with E-state index in [1.165, 1.54) is 47.7 Å². The first kappa shape index (κ1) is 21.5. The van der Waals surface area contributed by atoms with Gasteiger partial charge in [0.05, 0.1) is 22.8 Å². The smallest absolute Gasteiger partial charge is 0.124 e. The summed E-state index contributed by atoms with van der Waals surface area (Å²) >= 11 is 0. The Morgan fingerprint density at radius 2 is 1.55 bits per heavy atom. The van der Waals surface area contributed by atoms with E-state index >= 15 is 0 Å². The molecule has 4 fully saturated rings. The Balaban J connectivity index is 0.976. The fourth-order valence-corrected chi connectivity index (χ4v) is 7.41. The van der Waals surface area contributed by atoms with E-state index in [1.807, 2.05) is 0 Å². The highest BCUT2D eigenvalue weighted by Gasteiger charge is 2.58. The van der Waals surface area contributed by atoms with Crippen LogP contribution in [0.2, 0.25) is 0 Å².